The van der Waals surface area contributed by atoms with Gasteiger partial charge in [0.2, 0.25) is 0 Å². The molecule has 3 rings (SSSR count). The molecule has 0 bridgehead atoms. The zero-order valence-electron chi connectivity index (χ0n) is 17.5. The van der Waals surface area contributed by atoms with Crippen LogP contribution in [0, 0.1) is 12.3 Å². The second-order valence-corrected chi connectivity index (χ2v) is 8.51. The van der Waals surface area contributed by atoms with E-state index in [1.54, 1.807) is 0 Å². The number of nitrogens with zero attached hydrogens (tertiary/aromatic N) is 4. The molecule has 0 radical (unpaired) electrons. The summed E-state index contributed by atoms with van der Waals surface area (Å²) < 4.78 is 8.07. The van der Waals surface area contributed by atoms with Gasteiger partial charge in [0.1, 0.15) is 5.82 Å². The topological polar surface area (TPSA) is 43.2 Å². The third kappa shape index (κ3) is 4.41. The summed E-state index contributed by atoms with van der Waals surface area (Å²) in [7, 11) is 2.08. The third-order valence-electron chi connectivity index (χ3n) is 6.26. The molecule has 1 saturated heterocycles. The quantitative estimate of drug-likeness (QED) is 0.710. The summed E-state index contributed by atoms with van der Waals surface area (Å²) >= 11 is 0. The lowest BCUT2D eigenvalue weighted by atomic mass is 9.82. The van der Waals surface area contributed by atoms with Gasteiger partial charge in [0.15, 0.2) is 0 Å². The molecule has 5 nitrogen and oxygen atoms in total. The molecule has 1 aliphatic heterocycles. The van der Waals surface area contributed by atoms with Crippen LogP contribution in [0.5, 0.6) is 0 Å². The number of pyridine rings is 1. The second-order valence-electron chi connectivity index (χ2n) is 8.51. The van der Waals surface area contributed by atoms with E-state index in [4.69, 9.17) is 4.74 Å². The summed E-state index contributed by atoms with van der Waals surface area (Å²) in [6.45, 7) is 12.5. The Balaban J connectivity index is 1.74. The van der Waals surface area contributed by atoms with Crippen LogP contribution in [0.25, 0.3) is 0 Å². The van der Waals surface area contributed by atoms with Gasteiger partial charge in [-0.1, -0.05) is 6.07 Å². The molecule has 5 heteroatoms. The number of imidazole rings is 1. The summed E-state index contributed by atoms with van der Waals surface area (Å²) in [5.41, 5.74) is 2.51. The van der Waals surface area contributed by atoms with Crippen molar-refractivity contribution in [3.05, 3.63) is 47.8 Å². The molecule has 2 aromatic heterocycles. The number of likely N-dealkylation sites (tertiary alicyclic amines) is 1. The van der Waals surface area contributed by atoms with E-state index in [-0.39, 0.29) is 11.0 Å². The summed E-state index contributed by atoms with van der Waals surface area (Å²) in [4.78, 5) is 11.6. The lowest BCUT2D eigenvalue weighted by Crippen LogP contribution is -2.42. The first kappa shape index (κ1) is 20.0. The van der Waals surface area contributed by atoms with E-state index < -0.39 is 0 Å². The molecule has 2 aromatic rings. The fourth-order valence-electron chi connectivity index (χ4n) is 4.15. The highest BCUT2D eigenvalue weighted by Gasteiger charge is 2.43. The molecule has 0 saturated carbocycles. The molecule has 1 fully saturated rings. The van der Waals surface area contributed by atoms with Gasteiger partial charge < -0.3 is 9.30 Å². The van der Waals surface area contributed by atoms with E-state index in [1.165, 1.54) is 12.0 Å². The van der Waals surface area contributed by atoms with Crippen molar-refractivity contribution in [1.29, 1.82) is 0 Å². The molecule has 148 valence electrons. The number of aryl methyl sites for hydroxylation is 3. The summed E-state index contributed by atoms with van der Waals surface area (Å²) in [5, 5.41) is 0. The first-order chi connectivity index (χ1) is 12.9. The van der Waals surface area contributed by atoms with Gasteiger partial charge in [0.25, 0.3) is 0 Å². The first-order valence-electron chi connectivity index (χ1n) is 10.1. The Morgan fingerprint density at radius 2 is 2.07 bits per heavy atom. The van der Waals surface area contributed by atoms with Crippen LogP contribution < -0.4 is 0 Å². The van der Waals surface area contributed by atoms with Crippen molar-refractivity contribution in [2.45, 2.75) is 52.5 Å². The van der Waals surface area contributed by atoms with E-state index in [2.05, 4.69) is 59.4 Å². The van der Waals surface area contributed by atoms with E-state index in [1.807, 2.05) is 25.5 Å². The molecule has 1 aliphatic rings. The number of aromatic nitrogens is 3. The maximum atomic E-state index is 5.94. The normalized spacial score (nSPS) is 21.1. The molecule has 0 N–H and O–H groups in total. The Morgan fingerprint density at radius 3 is 2.70 bits per heavy atom. The van der Waals surface area contributed by atoms with Crippen molar-refractivity contribution >= 4 is 0 Å². The number of rotatable bonds is 8. The van der Waals surface area contributed by atoms with Crippen molar-refractivity contribution in [3.8, 4) is 0 Å². The zero-order valence-corrected chi connectivity index (χ0v) is 17.5. The molecule has 3 heterocycles. The molecular formula is C22H34N4O. The van der Waals surface area contributed by atoms with Crippen LogP contribution in [0.2, 0.25) is 0 Å². The summed E-state index contributed by atoms with van der Waals surface area (Å²) in [5.74, 6) is 1.16. The fraction of sp³-hybridized carbons (Fsp3) is 0.636. The lowest BCUT2D eigenvalue weighted by Gasteiger charge is -2.38. The van der Waals surface area contributed by atoms with Gasteiger partial charge in [-0.2, -0.15) is 0 Å². The SMILES string of the molecule is CCOC[C@@]1(CCc2nccn2C)CCN(C(C)(C)c2ccc(C)nc2)C1. The van der Waals surface area contributed by atoms with E-state index in [9.17, 15) is 0 Å². The Labute approximate surface area is 163 Å². The largest absolute Gasteiger partial charge is 0.381 e. The highest BCUT2D eigenvalue weighted by molar-refractivity contribution is 5.22. The third-order valence-corrected chi connectivity index (χ3v) is 6.26. The number of ether oxygens (including phenoxy) is 1. The first-order valence-corrected chi connectivity index (χ1v) is 10.1. The van der Waals surface area contributed by atoms with E-state index in [0.717, 1.165) is 50.7 Å². The van der Waals surface area contributed by atoms with Gasteiger partial charge in [-0.05, 0) is 58.7 Å². The van der Waals surface area contributed by atoms with Gasteiger partial charge in [-0.15, -0.1) is 0 Å². The van der Waals surface area contributed by atoms with Crippen molar-refractivity contribution in [2.75, 3.05) is 26.3 Å². The molecule has 0 amide bonds. The van der Waals surface area contributed by atoms with Crippen LogP contribution >= 0.6 is 0 Å². The Hall–Kier alpha value is -1.72. The van der Waals surface area contributed by atoms with Gasteiger partial charge >= 0.3 is 0 Å². The van der Waals surface area contributed by atoms with Gasteiger partial charge in [0, 0.05) is 61.9 Å². The van der Waals surface area contributed by atoms with Crippen LogP contribution in [0.15, 0.2) is 30.7 Å². The minimum atomic E-state index is -0.0299. The molecule has 0 spiro atoms. The average Bonchev–Trinajstić information content (AvgIpc) is 3.26. The van der Waals surface area contributed by atoms with E-state index >= 15 is 0 Å². The smallest absolute Gasteiger partial charge is 0.108 e. The number of hydrogen-bond donors (Lipinski definition) is 0. The molecular weight excluding hydrogens is 336 g/mol. The molecule has 0 unspecified atom stereocenters. The zero-order chi connectivity index (χ0) is 19.5. The molecule has 0 aliphatic carbocycles. The van der Waals surface area contributed by atoms with Crippen molar-refractivity contribution < 1.29 is 4.74 Å². The minimum absolute atomic E-state index is 0.0299. The summed E-state index contributed by atoms with van der Waals surface area (Å²) in [6, 6.07) is 4.33. The van der Waals surface area contributed by atoms with Crippen molar-refractivity contribution in [3.63, 3.8) is 0 Å². The van der Waals surface area contributed by atoms with Crippen LogP contribution in [-0.4, -0.2) is 45.7 Å². The predicted octanol–water partition coefficient (Wildman–Crippen LogP) is 3.72. The maximum Gasteiger partial charge on any atom is 0.108 e. The van der Waals surface area contributed by atoms with Crippen LogP contribution in [-0.2, 0) is 23.7 Å². The second kappa shape index (κ2) is 8.11. The minimum Gasteiger partial charge on any atom is -0.381 e. The van der Waals surface area contributed by atoms with Crippen molar-refractivity contribution in [2.24, 2.45) is 12.5 Å². The Kier molecular flexibility index (Phi) is 6.02. The molecule has 0 aromatic carbocycles. The van der Waals surface area contributed by atoms with Crippen molar-refractivity contribution in [1.82, 2.24) is 19.4 Å². The Morgan fingerprint density at radius 1 is 1.26 bits per heavy atom. The average molecular weight is 371 g/mol. The van der Waals surface area contributed by atoms with Gasteiger partial charge in [0.05, 0.1) is 6.61 Å². The predicted molar refractivity (Wildman–Crippen MR) is 109 cm³/mol. The number of hydrogen-bond acceptors (Lipinski definition) is 4. The van der Waals surface area contributed by atoms with Gasteiger partial charge in [-0.3, -0.25) is 9.88 Å². The highest BCUT2D eigenvalue weighted by Crippen LogP contribution is 2.41. The molecule has 27 heavy (non-hydrogen) atoms. The lowest BCUT2D eigenvalue weighted by molar-refractivity contribution is 0.0381. The van der Waals surface area contributed by atoms with E-state index in [0.29, 0.717) is 0 Å². The molecule has 1 atom stereocenters. The van der Waals surface area contributed by atoms with Gasteiger partial charge in [-0.25, -0.2) is 4.98 Å². The monoisotopic (exact) mass is 370 g/mol. The fourth-order valence-corrected chi connectivity index (χ4v) is 4.15. The highest BCUT2D eigenvalue weighted by atomic mass is 16.5. The van der Waals surface area contributed by atoms with Crippen LogP contribution in [0.4, 0.5) is 0 Å². The standard InChI is InChI=1S/C22H34N4O/c1-6-27-17-22(10-9-20-23-12-14-25(20)5)11-13-26(16-22)21(3,4)19-8-7-18(2)24-15-19/h7-8,12,14-15H,6,9-11,13,16-17H2,1-5H3/t22-/m0/s1. The van der Waals surface area contributed by atoms with Crippen LogP contribution in [0.3, 0.4) is 0 Å². The Bertz CT molecular complexity index is 737. The maximum absolute atomic E-state index is 5.94. The summed E-state index contributed by atoms with van der Waals surface area (Å²) in [6.07, 6.45) is 9.22. The van der Waals surface area contributed by atoms with Crippen LogP contribution in [0.1, 0.15) is 50.7 Å².